The summed E-state index contributed by atoms with van der Waals surface area (Å²) in [6.45, 7) is 3.98. The number of rotatable bonds is 3. The fraction of sp³-hybridized carbons (Fsp3) is 0.188. The van der Waals surface area contributed by atoms with Crippen molar-refractivity contribution in [3.63, 3.8) is 0 Å². The van der Waals surface area contributed by atoms with Crippen LogP contribution in [0, 0.1) is 0 Å². The van der Waals surface area contributed by atoms with E-state index in [0.29, 0.717) is 0 Å². The molecule has 0 bridgehead atoms. The van der Waals surface area contributed by atoms with Crippen LogP contribution in [0.25, 0.3) is 0 Å². The van der Waals surface area contributed by atoms with Gasteiger partial charge in [-0.25, -0.2) is 0 Å². The molecular formula is C16H17NO. The smallest absolute Gasteiger partial charge is 0.124 e. The first-order valence-electron chi connectivity index (χ1n) is 6.06. The molecule has 2 heteroatoms. The van der Waals surface area contributed by atoms with Gasteiger partial charge in [0.15, 0.2) is 0 Å². The van der Waals surface area contributed by atoms with Gasteiger partial charge in [-0.1, -0.05) is 42.5 Å². The Hall–Kier alpha value is -2.09. The van der Waals surface area contributed by atoms with Crippen LogP contribution in [0.3, 0.4) is 0 Å². The molecule has 92 valence electrons. The number of hydrogen-bond acceptors (Lipinski definition) is 2. The lowest BCUT2D eigenvalue weighted by molar-refractivity contribution is 0.474. The van der Waals surface area contributed by atoms with E-state index in [0.717, 1.165) is 11.3 Å². The monoisotopic (exact) mass is 239 g/mol. The zero-order valence-corrected chi connectivity index (χ0v) is 10.7. The minimum absolute atomic E-state index is 0.0887. The predicted molar refractivity (Wildman–Crippen MR) is 75.2 cm³/mol. The number of benzene rings is 2. The summed E-state index contributed by atoms with van der Waals surface area (Å²) in [6, 6.07) is 17.5. The van der Waals surface area contributed by atoms with Gasteiger partial charge in [-0.2, -0.15) is 0 Å². The highest BCUT2D eigenvalue weighted by Gasteiger charge is 2.06. The molecule has 2 nitrogen and oxygen atoms in total. The fourth-order valence-electron chi connectivity index (χ4n) is 1.95. The van der Waals surface area contributed by atoms with Crippen LogP contribution in [0.15, 0.2) is 59.6 Å². The molecule has 2 aromatic carbocycles. The standard InChI is InChI=1S/C16H17NO/c1-12(14-8-4-3-5-9-14)17-13(2)15-10-6-7-11-16(15)18/h3-12,18H,1-2H3/t12-/m1/s1. The van der Waals surface area contributed by atoms with Crippen molar-refractivity contribution in [2.24, 2.45) is 4.99 Å². The maximum absolute atomic E-state index is 9.78. The van der Waals surface area contributed by atoms with Crippen LogP contribution in [-0.4, -0.2) is 10.8 Å². The van der Waals surface area contributed by atoms with Crippen molar-refractivity contribution in [1.29, 1.82) is 0 Å². The first kappa shape index (κ1) is 12.4. The van der Waals surface area contributed by atoms with Crippen molar-refractivity contribution < 1.29 is 5.11 Å². The average molecular weight is 239 g/mol. The molecular weight excluding hydrogens is 222 g/mol. The normalized spacial score (nSPS) is 13.3. The molecule has 0 aliphatic heterocycles. The third-order valence-corrected chi connectivity index (χ3v) is 2.96. The largest absolute Gasteiger partial charge is 0.507 e. The highest BCUT2D eigenvalue weighted by atomic mass is 16.3. The number of para-hydroxylation sites is 1. The lowest BCUT2D eigenvalue weighted by Crippen LogP contribution is -1.99. The Labute approximate surface area is 108 Å². The molecule has 0 amide bonds. The second kappa shape index (κ2) is 5.50. The Kier molecular flexibility index (Phi) is 3.78. The summed E-state index contributed by atoms with van der Waals surface area (Å²) in [5.41, 5.74) is 2.82. The first-order chi connectivity index (χ1) is 8.68. The van der Waals surface area contributed by atoms with E-state index >= 15 is 0 Å². The van der Waals surface area contributed by atoms with E-state index < -0.39 is 0 Å². The summed E-state index contributed by atoms with van der Waals surface area (Å²) in [4.78, 5) is 4.63. The minimum atomic E-state index is 0.0887. The number of phenols is 1. The molecule has 0 saturated carbocycles. The highest BCUT2D eigenvalue weighted by Crippen LogP contribution is 2.21. The molecule has 2 rings (SSSR count). The van der Waals surface area contributed by atoms with Gasteiger partial charge < -0.3 is 5.11 Å². The van der Waals surface area contributed by atoms with E-state index in [-0.39, 0.29) is 11.8 Å². The average Bonchev–Trinajstić information content (AvgIpc) is 2.40. The fourth-order valence-corrected chi connectivity index (χ4v) is 1.95. The topological polar surface area (TPSA) is 32.6 Å². The Morgan fingerprint density at radius 2 is 1.61 bits per heavy atom. The molecule has 0 spiro atoms. The number of hydrogen-bond donors (Lipinski definition) is 1. The third kappa shape index (κ3) is 2.77. The summed E-state index contributed by atoms with van der Waals surface area (Å²) in [7, 11) is 0. The van der Waals surface area contributed by atoms with Crippen molar-refractivity contribution in [3.8, 4) is 5.75 Å². The van der Waals surface area contributed by atoms with Crippen LogP contribution in [0.1, 0.15) is 31.0 Å². The number of nitrogens with zero attached hydrogens (tertiary/aromatic N) is 1. The Morgan fingerprint density at radius 3 is 2.28 bits per heavy atom. The number of aliphatic imine (C=N–C) groups is 1. The zero-order valence-electron chi connectivity index (χ0n) is 10.7. The van der Waals surface area contributed by atoms with E-state index in [1.165, 1.54) is 5.56 Å². The molecule has 0 radical (unpaired) electrons. The van der Waals surface area contributed by atoms with E-state index in [1.54, 1.807) is 6.07 Å². The number of phenolic OH excluding ortho intramolecular Hbond substituents is 1. The van der Waals surface area contributed by atoms with Crippen molar-refractivity contribution in [2.75, 3.05) is 0 Å². The van der Waals surface area contributed by atoms with Gasteiger partial charge in [0.1, 0.15) is 5.75 Å². The van der Waals surface area contributed by atoms with Crippen molar-refractivity contribution in [2.45, 2.75) is 19.9 Å². The first-order valence-corrected chi connectivity index (χ1v) is 6.06. The summed E-state index contributed by atoms with van der Waals surface area (Å²) in [5, 5.41) is 9.78. The molecule has 2 aromatic rings. The lowest BCUT2D eigenvalue weighted by atomic mass is 10.1. The van der Waals surface area contributed by atoms with E-state index in [2.05, 4.69) is 24.0 Å². The predicted octanol–water partition coefficient (Wildman–Crippen LogP) is 3.96. The Morgan fingerprint density at radius 1 is 1.00 bits per heavy atom. The molecule has 1 atom stereocenters. The SMILES string of the molecule is CC(=N[C@H](C)c1ccccc1)c1ccccc1O. The quantitative estimate of drug-likeness (QED) is 0.808. The molecule has 0 aliphatic carbocycles. The molecule has 0 unspecified atom stereocenters. The summed E-state index contributed by atoms with van der Waals surface area (Å²) in [5.74, 6) is 0.277. The van der Waals surface area contributed by atoms with Gasteiger partial charge in [-0.3, -0.25) is 4.99 Å². The molecule has 0 aromatic heterocycles. The van der Waals surface area contributed by atoms with E-state index in [9.17, 15) is 5.11 Å². The van der Waals surface area contributed by atoms with Crippen LogP contribution < -0.4 is 0 Å². The second-order valence-corrected chi connectivity index (χ2v) is 4.32. The lowest BCUT2D eigenvalue weighted by Gasteiger charge is -2.10. The van der Waals surface area contributed by atoms with Crippen LogP contribution in [0.2, 0.25) is 0 Å². The highest BCUT2D eigenvalue weighted by molar-refractivity contribution is 6.01. The maximum Gasteiger partial charge on any atom is 0.124 e. The Bertz CT molecular complexity index is 546. The van der Waals surface area contributed by atoms with Crippen LogP contribution in [0.5, 0.6) is 5.75 Å². The molecule has 1 N–H and O–H groups in total. The molecule has 0 aliphatic rings. The maximum atomic E-state index is 9.78. The molecule has 18 heavy (non-hydrogen) atoms. The van der Waals surface area contributed by atoms with Crippen molar-refractivity contribution in [1.82, 2.24) is 0 Å². The van der Waals surface area contributed by atoms with Crippen LogP contribution in [0.4, 0.5) is 0 Å². The number of aromatic hydroxyl groups is 1. The van der Waals surface area contributed by atoms with Crippen molar-refractivity contribution in [3.05, 3.63) is 65.7 Å². The zero-order chi connectivity index (χ0) is 13.0. The van der Waals surface area contributed by atoms with Gasteiger partial charge in [0.05, 0.1) is 6.04 Å². The molecule has 0 saturated heterocycles. The summed E-state index contributed by atoms with van der Waals surface area (Å²) >= 11 is 0. The second-order valence-electron chi connectivity index (χ2n) is 4.32. The van der Waals surface area contributed by atoms with Crippen LogP contribution in [-0.2, 0) is 0 Å². The van der Waals surface area contributed by atoms with Crippen molar-refractivity contribution >= 4 is 5.71 Å². The Balaban J connectivity index is 2.26. The van der Waals surface area contributed by atoms with Gasteiger partial charge in [0.2, 0.25) is 0 Å². The van der Waals surface area contributed by atoms with Gasteiger partial charge in [0.25, 0.3) is 0 Å². The van der Waals surface area contributed by atoms with Gasteiger partial charge in [-0.05, 0) is 31.5 Å². The van der Waals surface area contributed by atoms with E-state index in [4.69, 9.17) is 0 Å². The summed E-state index contributed by atoms with van der Waals surface area (Å²) < 4.78 is 0. The molecule has 0 heterocycles. The van der Waals surface area contributed by atoms with E-state index in [1.807, 2.05) is 43.3 Å². The van der Waals surface area contributed by atoms with Gasteiger partial charge in [0, 0.05) is 11.3 Å². The van der Waals surface area contributed by atoms with Gasteiger partial charge in [-0.15, -0.1) is 0 Å². The van der Waals surface area contributed by atoms with Crippen LogP contribution >= 0.6 is 0 Å². The summed E-state index contributed by atoms with van der Waals surface area (Å²) in [6.07, 6.45) is 0. The van der Waals surface area contributed by atoms with Gasteiger partial charge >= 0.3 is 0 Å². The minimum Gasteiger partial charge on any atom is -0.507 e. The molecule has 0 fully saturated rings. The third-order valence-electron chi connectivity index (χ3n) is 2.96.